The molecule has 148 heavy (non-hydrogen) atoms. The lowest BCUT2D eigenvalue weighted by Crippen LogP contribution is -2.61. The third-order valence-corrected chi connectivity index (χ3v) is 24.5. The number of likely N-dealkylation sites (tertiary alicyclic amines) is 3. The fourth-order valence-electron chi connectivity index (χ4n) is 16.5. The molecule has 6 rings (SSSR count). The second-order valence-corrected chi connectivity index (χ2v) is 36.6. The Kier molecular flexibility index (Phi) is 48.1. The summed E-state index contributed by atoms with van der Waals surface area (Å²) >= 11 is 0. The number of nitrogens with two attached hydrogens (primary N) is 1. The summed E-state index contributed by atoms with van der Waals surface area (Å²) < 4.78 is 0. The topological polar surface area (TPSA) is 833 Å². The van der Waals surface area contributed by atoms with E-state index in [0.717, 1.165) is 24.0 Å². The van der Waals surface area contributed by atoms with Crippen LogP contribution in [0.25, 0.3) is 0 Å². The zero-order valence-corrected chi connectivity index (χ0v) is 82.1. The molecule has 810 valence electrons. The number of rotatable bonds is 61. The van der Waals surface area contributed by atoms with Crippen molar-refractivity contribution >= 4 is 148 Å². The van der Waals surface area contributed by atoms with Crippen LogP contribution < -0.4 is 80.2 Å². The van der Waals surface area contributed by atoms with Gasteiger partial charge in [0.05, 0.1) is 31.9 Å². The van der Waals surface area contributed by atoms with Crippen molar-refractivity contribution < 1.29 is 171 Å². The number of carbonyl (C=O) groups is 25. The van der Waals surface area contributed by atoms with E-state index in [2.05, 4.69) is 58.5 Å². The molecule has 0 spiro atoms. The van der Waals surface area contributed by atoms with E-state index in [-0.39, 0.29) is 69.5 Å². The van der Waals surface area contributed by atoms with Crippen molar-refractivity contribution in [3.8, 4) is 5.75 Å². The van der Waals surface area contributed by atoms with Crippen molar-refractivity contribution in [1.29, 1.82) is 0 Å². The number of phenols is 1. The number of aromatic hydroxyl groups is 1. The van der Waals surface area contributed by atoms with Gasteiger partial charge in [-0.2, -0.15) is 0 Å². The smallest absolute Gasteiger partial charge is 0.328 e. The average Bonchev–Trinajstić information content (AvgIpc) is 1.65. The number of aliphatic carboxylic acids is 8. The number of aliphatic hydroxyl groups is 1. The number of nitrogens with zero attached hydrogens (tertiary/aromatic N) is 3. The van der Waals surface area contributed by atoms with Gasteiger partial charge >= 0.3 is 47.8 Å². The SMILES string of the molecule is CC[C@H](C)[C@H](NC(=O)[C@H](C)NC(=O)[C@H](CCC(=O)O)NC(=O)[C@H](Cc1ccccc1)NC(=O)[C@H](CC(=O)O)NC(=O)[C@H](Cc1ccccc1)NC(=O)[C@@H]1CCCN1C(=O)[C@@H]1CCCN1C(=O)[C@H](C)N)C(=O)N1CCC[C@H]1C(=O)N[C@@H](CCC(=O)O)C(=O)N[C@@H](CCC(=O)O)C(=O)N[C@@H](Cc1ccc(O)cc1)C(=O)N[C@@H](CC(C)C)C(=O)N[C@@H](CC(=O)O)C(=O)N[C@@H](CC(=O)O)C(=O)N[C@@H](CCC(=O)O)C(=O)N[C@@H](CO)C(=O)O. The quantitative estimate of drug-likeness (QED) is 0.0251. The van der Waals surface area contributed by atoms with Crippen LogP contribution in [0.1, 0.15) is 180 Å². The number of aliphatic hydroxyl groups excluding tert-OH is 1. The monoisotopic (exact) mass is 2080 g/mol. The Bertz CT molecular complexity index is 5290. The highest BCUT2D eigenvalue weighted by molar-refractivity contribution is 6.03. The number of hydrogen-bond donors (Lipinski definition) is 25. The van der Waals surface area contributed by atoms with E-state index in [1.54, 1.807) is 55.5 Å². The van der Waals surface area contributed by atoms with Crippen LogP contribution in [0.4, 0.5) is 0 Å². The van der Waals surface area contributed by atoms with Gasteiger partial charge in [0, 0.05) is 64.6 Å². The van der Waals surface area contributed by atoms with Crippen LogP contribution in [-0.4, -0.2) is 349 Å². The maximum absolute atomic E-state index is 15.0. The maximum atomic E-state index is 15.0. The molecule has 17 amide bonds. The summed E-state index contributed by atoms with van der Waals surface area (Å²) in [7, 11) is 0. The Labute approximate surface area is 847 Å². The molecule has 0 saturated carbocycles. The lowest BCUT2D eigenvalue weighted by molar-refractivity contribution is -0.147. The second kappa shape index (κ2) is 58.9. The number of hydrogen-bond acceptors (Lipinski definition) is 28. The number of amides is 17. The van der Waals surface area contributed by atoms with Gasteiger partial charge in [0.1, 0.15) is 108 Å². The van der Waals surface area contributed by atoms with E-state index in [4.69, 9.17) is 5.73 Å². The van der Waals surface area contributed by atoms with Crippen LogP contribution in [0, 0.1) is 11.8 Å². The van der Waals surface area contributed by atoms with Gasteiger partial charge in [0.25, 0.3) is 0 Å². The van der Waals surface area contributed by atoms with Gasteiger partial charge in [-0.05, 0) is 125 Å². The predicted octanol–water partition coefficient (Wildman–Crippen LogP) is -5.40. The number of phenolic OH excluding ortho intramolecular Hbond substituents is 1. The van der Waals surface area contributed by atoms with Crippen LogP contribution in [0.2, 0.25) is 0 Å². The minimum absolute atomic E-state index is 0.0780. The molecule has 0 aliphatic carbocycles. The zero-order valence-electron chi connectivity index (χ0n) is 82.1. The lowest BCUT2D eigenvalue weighted by atomic mass is 9.97. The fraction of sp³-hybridized carbons (Fsp3) is 0.547. The van der Waals surface area contributed by atoms with Gasteiger partial charge < -0.3 is 146 Å². The molecule has 3 fully saturated rings. The number of carboxylic acids is 8. The Morgan fingerprint density at radius 3 is 0.986 bits per heavy atom. The molecule has 3 aromatic rings. The molecule has 3 saturated heterocycles. The van der Waals surface area contributed by atoms with Crippen LogP contribution in [0.5, 0.6) is 5.75 Å². The average molecular weight is 2080 g/mol. The summed E-state index contributed by atoms with van der Waals surface area (Å²) in [4.78, 5) is 344. The maximum Gasteiger partial charge on any atom is 0.328 e. The molecule has 53 heteroatoms. The largest absolute Gasteiger partial charge is 0.508 e. The molecular weight excluding hydrogens is 1950 g/mol. The first-order valence-electron chi connectivity index (χ1n) is 47.9. The molecule has 3 heterocycles. The molecule has 3 aliphatic heterocycles. The van der Waals surface area contributed by atoms with Gasteiger partial charge in [-0.25, -0.2) is 4.79 Å². The minimum Gasteiger partial charge on any atom is -0.508 e. The molecule has 3 aliphatic rings. The van der Waals surface area contributed by atoms with Gasteiger partial charge in [-0.3, -0.25) is 115 Å². The molecule has 3 aromatic carbocycles. The molecule has 0 unspecified atom stereocenters. The fourth-order valence-corrected chi connectivity index (χ4v) is 16.5. The highest BCUT2D eigenvalue weighted by Gasteiger charge is 2.47. The summed E-state index contributed by atoms with van der Waals surface area (Å²) in [6.07, 6.45) is -10.6. The molecule has 0 radical (unpaired) electrons. The molecule has 53 nitrogen and oxygen atoms in total. The number of carboxylic acid groups (broad SMARTS) is 8. The number of carbonyl (C=O) groups excluding carboxylic acids is 17. The molecule has 26 N–H and O–H groups in total. The normalized spacial score (nSPS) is 17.4. The third-order valence-electron chi connectivity index (χ3n) is 24.5. The van der Waals surface area contributed by atoms with E-state index < -0.39 is 359 Å². The second-order valence-electron chi connectivity index (χ2n) is 36.6. The lowest BCUT2D eigenvalue weighted by Gasteiger charge is -2.33. The third kappa shape index (κ3) is 38.9. The van der Waals surface area contributed by atoms with Crippen molar-refractivity contribution in [2.75, 3.05) is 26.2 Å². The van der Waals surface area contributed by atoms with Gasteiger partial charge in [0.2, 0.25) is 100 Å². The zero-order chi connectivity index (χ0) is 110. The van der Waals surface area contributed by atoms with Crippen LogP contribution in [-0.2, 0) is 139 Å². The minimum atomic E-state index is -2.28. The van der Waals surface area contributed by atoms with Crippen LogP contribution in [0.3, 0.4) is 0 Å². The first-order chi connectivity index (χ1) is 69.8. The Hall–Kier alpha value is -15.9. The van der Waals surface area contributed by atoms with Crippen molar-refractivity contribution in [3.05, 3.63) is 102 Å². The Morgan fingerprint density at radius 1 is 0.331 bits per heavy atom. The highest BCUT2D eigenvalue weighted by atomic mass is 16.4. The van der Waals surface area contributed by atoms with E-state index in [0.29, 0.717) is 30.4 Å². The van der Waals surface area contributed by atoms with E-state index >= 15 is 4.79 Å². The Morgan fingerprint density at radius 2 is 0.628 bits per heavy atom. The van der Waals surface area contributed by atoms with E-state index in [1.807, 2.05) is 16.0 Å². The molecular formula is C95H130N18O35. The van der Waals surface area contributed by atoms with Crippen molar-refractivity contribution in [1.82, 2.24) is 89.1 Å². The summed E-state index contributed by atoms with van der Waals surface area (Å²) in [6.45, 7) is 7.81. The van der Waals surface area contributed by atoms with Gasteiger partial charge in [-0.15, -0.1) is 0 Å². The number of nitrogens with one attached hydrogen (secondary N) is 14. The summed E-state index contributed by atoms with van der Waals surface area (Å²) in [5.74, 6) is -34.4. The van der Waals surface area contributed by atoms with Crippen LogP contribution in [0.15, 0.2) is 84.9 Å². The van der Waals surface area contributed by atoms with Crippen molar-refractivity contribution in [3.63, 3.8) is 0 Å². The van der Waals surface area contributed by atoms with Crippen molar-refractivity contribution in [2.45, 2.75) is 292 Å². The molecule has 0 bridgehead atoms. The summed E-state index contributed by atoms with van der Waals surface area (Å²) in [6, 6.07) is -10.4. The van der Waals surface area contributed by atoms with E-state index in [1.165, 1.54) is 61.8 Å². The first-order valence-corrected chi connectivity index (χ1v) is 47.9. The van der Waals surface area contributed by atoms with Crippen molar-refractivity contribution in [2.24, 2.45) is 17.6 Å². The first kappa shape index (κ1) is 121. The molecule has 19 atom stereocenters. The summed E-state index contributed by atoms with van der Waals surface area (Å²) in [5.41, 5.74) is 6.90. The molecule has 0 aromatic heterocycles. The van der Waals surface area contributed by atoms with E-state index in [9.17, 15) is 166 Å². The van der Waals surface area contributed by atoms with Gasteiger partial charge in [0.15, 0.2) is 0 Å². The highest BCUT2D eigenvalue weighted by Crippen LogP contribution is 2.28. The van der Waals surface area contributed by atoms with Gasteiger partial charge in [-0.1, -0.05) is 107 Å². The van der Waals surface area contributed by atoms with Crippen LogP contribution >= 0.6 is 0 Å². The Balaban J connectivity index is 1.20. The predicted molar refractivity (Wildman–Crippen MR) is 511 cm³/mol. The standard InChI is InChI=1S/C95H130N18O35/c1-7-48(4)77(110-78(130)50(6)97-79(131)55(28-32-70(116)117)99-84(136)60(40-51-17-10-8-11-18-51)104-88(140)64(44-75(126)127)106-86(138)62(41-52-19-12-9-13-20-52)108-91(143)67-21-14-36-111(67)93(145)69-23-16-38-113(69)92(144)49(5)96)94(146)112-37-15-22-68(112)90(142)101-58(31-35-73(122)123)80(132)98-56(29-33-71(118)119)81(133)103-61(42-53-24-26-54(115)27-25-53)85(137)102-59(39-47(2)3)83(135)105-65(45-76(128)129)89(141)107-63(43-74(124)125)87(139)100-57(30-34-72(120)121)82(134)109-66(46-114)95(147)148/h8-13,17-20,24-27,47-50,55-69,77,114-115H,7,14-16,21-23,28-46,96H2,1-6H3,(H,97,131)(H,98,132)(H,99,136)(H,100,139)(H,101,142)(H,102,137)(H,103,133)(H,104,140)(H,105,135)(H,106,138)(H,107,141)(H,108,143)(H,109,134)(H,110,130)(H,116,117)(H,118,119)(H,120,121)(H,122,123)(H,124,125)(H,126,127)(H,128,129)(H,147,148)/t48-,49-,50-,55-,56-,57-,58-,59-,60-,61-,62-,63-,64-,65-,66-,67-,68-,69-,77-/m0/s1. The summed E-state index contributed by atoms with van der Waals surface area (Å²) in [5, 5.41) is 130. The number of benzene rings is 3.